The number of hydrogen-bond donors (Lipinski definition) is 1. The van der Waals surface area contributed by atoms with E-state index in [1.165, 1.54) is 0 Å². The molecule has 2 fully saturated rings. The first-order valence-electron chi connectivity index (χ1n) is 7.06. The molecule has 0 aromatic heterocycles. The van der Waals surface area contributed by atoms with E-state index in [-0.39, 0.29) is 17.7 Å². The van der Waals surface area contributed by atoms with Crippen molar-refractivity contribution in [2.75, 3.05) is 52.5 Å². The Kier molecular flexibility index (Phi) is 5.15. The second-order valence-electron chi connectivity index (χ2n) is 5.11. The molecule has 2 aliphatic rings. The highest BCUT2D eigenvalue weighted by Gasteiger charge is 2.30. The lowest BCUT2D eigenvalue weighted by Gasteiger charge is -2.28. The molecule has 0 radical (unpaired) electrons. The summed E-state index contributed by atoms with van der Waals surface area (Å²) in [5.41, 5.74) is 0. The van der Waals surface area contributed by atoms with Gasteiger partial charge in [0.15, 0.2) is 0 Å². The largest absolute Gasteiger partial charge is 0.378 e. The van der Waals surface area contributed by atoms with Crippen LogP contribution in [0.1, 0.15) is 13.3 Å². The molecule has 0 bridgehead atoms. The molecule has 6 heteroatoms. The van der Waals surface area contributed by atoms with Crippen LogP contribution in [0.4, 0.5) is 0 Å². The average molecular weight is 269 g/mol. The molecule has 2 aliphatic heterocycles. The molecular formula is C13H23N3O3. The van der Waals surface area contributed by atoms with Gasteiger partial charge in [-0.3, -0.25) is 14.5 Å². The molecule has 0 aromatic rings. The minimum absolute atomic E-state index is 0.0393. The molecule has 1 N–H and O–H groups in total. The topological polar surface area (TPSA) is 61.9 Å². The lowest BCUT2D eigenvalue weighted by molar-refractivity contribution is -0.136. The second kappa shape index (κ2) is 6.86. The SMILES string of the molecule is CCNC(=O)[C@H]1CCN(CC(=O)N2CCOCC2)C1. The number of likely N-dealkylation sites (tertiary alicyclic amines) is 1. The first-order chi connectivity index (χ1) is 9.20. The van der Waals surface area contributed by atoms with Crippen LogP contribution in [0.3, 0.4) is 0 Å². The molecule has 2 saturated heterocycles. The molecular weight excluding hydrogens is 246 g/mol. The molecule has 1 atom stereocenters. The standard InChI is InChI=1S/C13H23N3O3/c1-2-14-13(18)11-3-4-15(9-11)10-12(17)16-5-7-19-8-6-16/h11H,2-10H2,1H3,(H,14,18)/t11-/m0/s1. The molecule has 2 rings (SSSR count). The summed E-state index contributed by atoms with van der Waals surface area (Å²) in [7, 11) is 0. The summed E-state index contributed by atoms with van der Waals surface area (Å²) in [6.07, 6.45) is 0.849. The number of nitrogens with one attached hydrogen (secondary N) is 1. The van der Waals surface area contributed by atoms with Gasteiger partial charge in [0.05, 0.1) is 25.7 Å². The minimum Gasteiger partial charge on any atom is -0.378 e. The number of hydrogen-bond acceptors (Lipinski definition) is 4. The molecule has 0 spiro atoms. The van der Waals surface area contributed by atoms with Crippen molar-refractivity contribution in [2.45, 2.75) is 13.3 Å². The second-order valence-corrected chi connectivity index (χ2v) is 5.11. The summed E-state index contributed by atoms with van der Waals surface area (Å²) >= 11 is 0. The third-order valence-electron chi connectivity index (χ3n) is 3.72. The van der Waals surface area contributed by atoms with Gasteiger partial charge in [-0.1, -0.05) is 0 Å². The highest BCUT2D eigenvalue weighted by Crippen LogP contribution is 2.16. The quantitative estimate of drug-likeness (QED) is 0.733. The first-order valence-corrected chi connectivity index (χ1v) is 7.06. The van der Waals surface area contributed by atoms with E-state index in [2.05, 4.69) is 10.2 Å². The Bertz CT molecular complexity index is 329. The number of carbonyl (C=O) groups excluding carboxylic acids is 2. The summed E-state index contributed by atoms with van der Waals surface area (Å²) in [6.45, 7) is 7.18. The van der Waals surface area contributed by atoms with Crippen LogP contribution >= 0.6 is 0 Å². The van der Waals surface area contributed by atoms with Gasteiger partial charge in [0.25, 0.3) is 0 Å². The van der Waals surface area contributed by atoms with Crippen LogP contribution in [-0.2, 0) is 14.3 Å². The predicted octanol–water partition coefficient (Wildman–Crippen LogP) is -0.697. The molecule has 0 saturated carbocycles. The molecule has 19 heavy (non-hydrogen) atoms. The van der Waals surface area contributed by atoms with Crippen molar-refractivity contribution in [1.29, 1.82) is 0 Å². The number of rotatable bonds is 4. The normalized spacial score (nSPS) is 24.5. The molecule has 2 heterocycles. The fraction of sp³-hybridized carbons (Fsp3) is 0.846. The first kappa shape index (κ1) is 14.3. The Balaban J connectivity index is 1.75. The summed E-state index contributed by atoms with van der Waals surface area (Å²) < 4.78 is 5.23. The highest BCUT2D eigenvalue weighted by atomic mass is 16.5. The Hall–Kier alpha value is -1.14. The van der Waals surface area contributed by atoms with Gasteiger partial charge in [-0.15, -0.1) is 0 Å². The van der Waals surface area contributed by atoms with E-state index in [1.54, 1.807) is 0 Å². The van der Waals surface area contributed by atoms with E-state index in [1.807, 2.05) is 11.8 Å². The number of nitrogens with zero attached hydrogens (tertiary/aromatic N) is 2. The number of morpholine rings is 1. The third kappa shape index (κ3) is 3.91. The maximum absolute atomic E-state index is 12.1. The molecule has 6 nitrogen and oxygen atoms in total. The minimum atomic E-state index is 0.0393. The van der Waals surface area contributed by atoms with Crippen molar-refractivity contribution in [2.24, 2.45) is 5.92 Å². The maximum Gasteiger partial charge on any atom is 0.236 e. The smallest absolute Gasteiger partial charge is 0.236 e. The fourth-order valence-electron chi connectivity index (χ4n) is 2.61. The average Bonchev–Trinajstić information content (AvgIpc) is 2.88. The van der Waals surface area contributed by atoms with Crippen molar-refractivity contribution in [3.63, 3.8) is 0 Å². The number of carbonyl (C=O) groups is 2. The van der Waals surface area contributed by atoms with Crippen LogP contribution in [-0.4, -0.2) is 74.1 Å². The van der Waals surface area contributed by atoms with Crippen molar-refractivity contribution >= 4 is 11.8 Å². The van der Waals surface area contributed by atoms with Crippen LogP contribution in [0.2, 0.25) is 0 Å². The van der Waals surface area contributed by atoms with Crippen LogP contribution in [0, 0.1) is 5.92 Å². The van der Waals surface area contributed by atoms with Gasteiger partial charge in [-0.25, -0.2) is 0 Å². The van der Waals surface area contributed by atoms with E-state index >= 15 is 0 Å². The molecule has 2 amide bonds. The van der Waals surface area contributed by atoms with E-state index in [4.69, 9.17) is 4.74 Å². The van der Waals surface area contributed by atoms with Gasteiger partial charge in [-0.2, -0.15) is 0 Å². The Morgan fingerprint density at radius 3 is 2.68 bits per heavy atom. The zero-order valence-corrected chi connectivity index (χ0v) is 11.6. The van der Waals surface area contributed by atoms with E-state index in [0.717, 1.165) is 13.0 Å². The van der Waals surface area contributed by atoms with Gasteiger partial charge in [0, 0.05) is 26.2 Å². The number of ether oxygens (including phenoxy) is 1. The van der Waals surface area contributed by atoms with E-state index < -0.39 is 0 Å². The summed E-state index contributed by atoms with van der Waals surface area (Å²) in [5.74, 6) is 0.307. The van der Waals surface area contributed by atoms with Crippen molar-refractivity contribution in [3.05, 3.63) is 0 Å². The van der Waals surface area contributed by atoms with Gasteiger partial charge in [0.2, 0.25) is 11.8 Å². The summed E-state index contributed by atoms with van der Waals surface area (Å²) in [5, 5.41) is 2.85. The lowest BCUT2D eigenvalue weighted by Crippen LogP contribution is -2.45. The molecule has 0 aliphatic carbocycles. The third-order valence-corrected chi connectivity index (χ3v) is 3.72. The molecule has 0 aromatic carbocycles. The van der Waals surface area contributed by atoms with Crippen LogP contribution in [0.25, 0.3) is 0 Å². The van der Waals surface area contributed by atoms with Crippen molar-refractivity contribution < 1.29 is 14.3 Å². The van der Waals surface area contributed by atoms with Crippen LogP contribution < -0.4 is 5.32 Å². The lowest BCUT2D eigenvalue weighted by atomic mass is 10.1. The monoisotopic (exact) mass is 269 g/mol. The van der Waals surface area contributed by atoms with E-state index in [9.17, 15) is 9.59 Å². The maximum atomic E-state index is 12.1. The Morgan fingerprint density at radius 2 is 2.00 bits per heavy atom. The Labute approximate surface area is 114 Å². The van der Waals surface area contributed by atoms with Crippen molar-refractivity contribution in [1.82, 2.24) is 15.1 Å². The fourth-order valence-corrected chi connectivity index (χ4v) is 2.61. The van der Waals surface area contributed by atoms with Crippen molar-refractivity contribution in [3.8, 4) is 0 Å². The molecule has 108 valence electrons. The van der Waals surface area contributed by atoms with Crippen LogP contribution in [0.5, 0.6) is 0 Å². The molecule has 0 unspecified atom stereocenters. The Morgan fingerprint density at radius 1 is 1.26 bits per heavy atom. The highest BCUT2D eigenvalue weighted by molar-refractivity contribution is 5.80. The van der Waals surface area contributed by atoms with Gasteiger partial charge in [0.1, 0.15) is 0 Å². The summed E-state index contributed by atoms with van der Waals surface area (Å²) in [6, 6.07) is 0. The predicted molar refractivity (Wildman–Crippen MR) is 70.6 cm³/mol. The zero-order valence-electron chi connectivity index (χ0n) is 11.6. The van der Waals surface area contributed by atoms with E-state index in [0.29, 0.717) is 45.9 Å². The van der Waals surface area contributed by atoms with Gasteiger partial charge in [-0.05, 0) is 19.9 Å². The van der Waals surface area contributed by atoms with Gasteiger partial charge < -0.3 is 15.0 Å². The number of amides is 2. The summed E-state index contributed by atoms with van der Waals surface area (Å²) in [4.78, 5) is 27.7. The van der Waals surface area contributed by atoms with Crippen LogP contribution in [0.15, 0.2) is 0 Å². The van der Waals surface area contributed by atoms with Gasteiger partial charge >= 0.3 is 0 Å². The zero-order chi connectivity index (χ0) is 13.7.